The van der Waals surface area contributed by atoms with Crippen LogP contribution in [0, 0.1) is 0 Å². The summed E-state index contributed by atoms with van der Waals surface area (Å²) in [5.41, 5.74) is 0. The van der Waals surface area contributed by atoms with Crippen molar-refractivity contribution in [1.29, 1.82) is 0 Å². The van der Waals surface area contributed by atoms with Crippen molar-refractivity contribution in [2.75, 3.05) is 27.2 Å². The molecule has 0 aliphatic heterocycles. The average Bonchev–Trinajstić information content (AvgIpc) is 2.18. The summed E-state index contributed by atoms with van der Waals surface area (Å²) in [5.74, 6) is 0. The van der Waals surface area contributed by atoms with Crippen molar-refractivity contribution >= 4 is 0 Å². The molecule has 16 heavy (non-hydrogen) atoms. The van der Waals surface area contributed by atoms with Gasteiger partial charge in [0.25, 0.3) is 0 Å². The molecule has 0 aromatic carbocycles. The van der Waals surface area contributed by atoms with Gasteiger partial charge in [-0.25, -0.2) is 0 Å². The number of hydrogen-bond donors (Lipinski definition) is 2. The van der Waals surface area contributed by atoms with E-state index in [4.69, 9.17) is 10.4 Å². The molecule has 0 saturated carbocycles. The van der Waals surface area contributed by atoms with Crippen molar-refractivity contribution in [3.05, 3.63) is 0 Å². The summed E-state index contributed by atoms with van der Waals surface area (Å²) in [6.07, 6.45) is 2.50. The molecule has 0 radical (unpaired) electrons. The summed E-state index contributed by atoms with van der Waals surface area (Å²) in [6, 6.07) is 0. The molecule has 2 N–H and O–H groups in total. The minimum Gasteiger partial charge on any atom is -0.315 e. The predicted octanol–water partition coefficient (Wildman–Crippen LogP) is 3.49. The van der Waals surface area contributed by atoms with Gasteiger partial charge in [0.05, 0.1) is 0 Å². The Labute approximate surface area is 103 Å². The van der Waals surface area contributed by atoms with Crippen LogP contribution in [0.5, 0.6) is 0 Å². The van der Waals surface area contributed by atoms with E-state index in [9.17, 15) is 0 Å². The van der Waals surface area contributed by atoms with Crippen LogP contribution >= 0.6 is 0 Å². The molecule has 0 aromatic rings. The zero-order valence-corrected chi connectivity index (χ0v) is 12.6. The molecule has 0 fully saturated rings. The minimum absolute atomic E-state index is 0.719. The van der Waals surface area contributed by atoms with Crippen molar-refractivity contribution in [3.63, 3.8) is 0 Å². The van der Waals surface area contributed by atoms with Crippen LogP contribution in [0.25, 0.3) is 0 Å². The molecule has 0 bridgehead atoms. The normalized spacial score (nSPS) is 8.25. The highest BCUT2D eigenvalue weighted by molar-refractivity contribution is 4.26. The van der Waals surface area contributed by atoms with Crippen LogP contribution < -0.4 is 0 Å². The summed E-state index contributed by atoms with van der Waals surface area (Å²) in [4.78, 5) is 0. The second kappa shape index (κ2) is 29.4. The van der Waals surface area contributed by atoms with Crippen LogP contribution in [0.2, 0.25) is 0 Å². The number of rotatable bonds is 2. The van der Waals surface area contributed by atoms with Gasteiger partial charge < -0.3 is 10.4 Å². The highest BCUT2D eigenvalue weighted by atomic mass is 16.5. The Kier molecular flexibility index (Phi) is 45.7. The second-order valence-electron chi connectivity index (χ2n) is 3.40. The topological polar surface area (TPSA) is 46.9 Å². The lowest BCUT2D eigenvalue weighted by atomic mass is 10.6. The molecule has 0 rings (SSSR count). The smallest absolute Gasteiger partial charge is 0.0209 e. The third-order valence-electron chi connectivity index (χ3n) is 0.730. The van der Waals surface area contributed by atoms with Gasteiger partial charge in [-0.15, -0.1) is 0 Å². The molecule has 0 amide bonds. The highest BCUT2D eigenvalue weighted by Gasteiger charge is 1.84. The first-order chi connectivity index (χ1) is 7.37. The molecule has 0 unspecified atom stereocenters. The lowest BCUT2D eigenvalue weighted by molar-refractivity contribution is -0.0813. The SMILES string of the molecule is CCC.CCC.CCN(O)CC.CN(C)O. The third-order valence-corrected chi connectivity index (χ3v) is 0.730. The van der Waals surface area contributed by atoms with Gasteiger partial charge in [0.1, 0.15) is 0 Å². The molecule has 0 heterocycles. The van der Waals surface area contributed by atoms with Crippen molar-refractivity contribution < 1.29 is 10.4 Å². The first-order valence-corrected chi connectivity index (χ1v) is 6.17. The van der Waals surface area contributed by atoms with E-state index in [1.165, 1.54) is 17.9 Å². The molecule has 0 spiro atoms. The van der Waals surface area contributed by atoms with Crippen molar-refractivity contribution in [2.45, 2.75) is 54.4 Å². The van der Waals surface area contributed by atoms with Crippen LogP contribution in [0.3, 0.4) is 0 Å². The van der Waals surface area contributed by atoms with E-state index in [-0.39, 0.29) is 0 Å². The van der Waals surface area contributed by atoms with Crippen LogP contribution in [-0.2, 0) is 0 Å². The van der Waals surface area contributed by atoms with E-state index >= 15 is 0 Å². The Morgan fingerprint density at radius 3 is 0.812 bits per heavy atom. The van der Waals surface area contributed by atoms with Crippen molar-refractivity contribution in [2.24, 2.45) is 0 Å². The van der Waals surface area contributed by atoms with Crippen LogP contribution in [0.15, 0.2) is 0 Å². The van der Waals surface area contributed by atoms with E-state index < -0.39 is 0 Å². The fraction of sp³-hybridized carbons (Fsp3) is 1.00. The third kappa shape index (κ3) is 155. The maximum atomic E-state index is 8.50. The lowest BCUT2D eigenvalue weighted by Crippen LogP contribution is -2.16. The first-order valence-electron chi connectivity index (χ1n) is 6.17. The number of nitrogens with zero attached hydrogens (tertiary/aromatic N) is 2. The van der Waals surface area contributed by atoms with Gasteiger partial charge in [-0.1, -0.05) is 54.4 Å². The fourth-order valence-electron chi connectivity index (χ4n) is 0.224. The van der Waals surface area contributed by atoms with Gasteiger partial charge in [0.15, 0.2) is 0 Å². The number of hydroxylamine groups is 4. The van der Waals surface area contributed by atoms with Crippen LogP contribution in [-0.4, -0.2) is 47.7 Å². The summed E-state index contributed by atoms with van der Waals surface area (Å²) in [5, 5.41) is 18.6. The summed E-state index contributed by atoms with van der Waals surface area (Å²) in [6.45, 7) is 13.8. The van der Waals surface area contributed by atoms with E-state index in [1.54, 1.807) is 14.1 Å². The Hall–Kier alpha value is -0.160. The molecule has 0 saturated heterocycles. The Bertz CT molecular complexity index is 72.7. The molecule has 0 aromatic heterocycles. The fourth-order valence-corrected chi connectivity index (χ4v) is 0.224. The van der Waals surface area contributed by atoms with Gasteiger partial charge in [-0.2, -0.15) is 10.1 Å². The van der Waals surface area contributed by atoms with Gasteiger partial charge in [-0.05, 0) is 0 Å². The quantitative estimate of drug-likeness (QED) is 0.723. The van der Waals surface area contributed by atoms with Crippen molar-refractivity contribution in [1.82, 2.24) is 10.1 Å². The van der Waals surface area contributed by atoms with E-state index in [0.29, 0.717) is 0 Å². The largest absolute Gasteiger partial charge is 0.315 e. The standard InChI is InChI=1S/C4H11NO.2C3H8.C2H7NO/c1-3-5(6)4-2;2*1-3-2;1-3(2)4/h6H,3-4H2,1-2H3;2*3H2,1-2H3;4H,1-2H3. The van der Waals surface area contributed by atoms with E-state index in [1.807, 2.05) is 13.8 Å². The average molecular weight is 238 g/mol. The van der Waals surface area contributed by atoms with Gasteiger partial charge in [-0.3, -0.25) is 0 Å². The monoisotopic (exact) mass is 238 g/mol. The molecule has 4 nitrogen and oxygen atoms in total. The maximum Gasteiger partial charge on any atom is 0.0209 e. The summed E-state index contributed by atoms with van der Waals surface area (Å²) in [7, 11) is 3.11. The lowest BCUT2D eigenvalue weighted by Gasteiger charge is -2.05. The second-order valence-corrected chi connectivity index (χ2v) is 3.40. The van der Waals surface area contributed by atoms with Crippen LogP contribution in [0.4, 0.5) is 0 Å². The molecule has 0 aliphatic rings. The molecular weight excluding hydrogens is 204 g/mol. The molecule has 104 valence electrons. The van der Waals surface area contributed by atoms with E-state index in [2.05, 4.69) is 27.7 Å². The summed E-state index contributed by atoms with van der Waals surface area (Å²) < 4.78 is 0. The predicted molar refractivity (Wildman–Crippen MR) is 72.1 cm³/mol. The zero-order valence-electron chi connectivity index (χ0n) is 12.6. The van der Waals surface area contributed by atoms with Gasteiger partial charge in [0, 0.05) is 27.2 Å². The summed E-state index contributed by atoms with van der Waals surface area (Å²) >= 11 is 0. The Morgan fingerprint density at radius 2 is 0.812 bits per heavy atom. The molecular formula is C12H34N2O2. The zero-order chi connectivity index (χ0) is 14.0. The van der Waals surface area contributed by atoms with Gasteiger partial charge in [0.2, 0.25) is 0 Å². The Morgan fingerprint density at radius 1 is 0.688 bits per heavy atom. The maximum absolute atomic E-state index is 8.50. The first kappa shape index (κ1) is 24.9. The minimum atomic E-state index is 0.719. The van der Waals surface area contributed by atoms with Gasteiger partial charge >= 0.3 is 0 Å². The highest BCUT2D eigenvalue weighted by Crippen LogP contribution is 1.73. The van der Waals surface area contributed by atoms with Crippen molar-refractivity contribution in [3.8, 4) is 0 Å². The Balaban J connectivity index is -0.0000000635. The molecule has 0 aliphatic carbocycles. The molecule has 0 atom stereocenters. The molecule has 4 heteroatoms. The van der Waals surface area contributed by atoms with Crippen LogP contribution in [0.1, 0.15) is 54.4 Å². The van der Waals surface area contributed by atoms with E-state index in [0.717, 1.165) is 18.2 Å². The number of hydrogen-bond acceptors (Lipinski definition) is 4.